The molecule has 1 rings (SSSR count). The van der Waals surface area contributed by atoms with Gasteiger partial charge >= 0.3 is 18.5 Å². The SMILES string of the molecule is Nc1nc(NCC(F)(F)C(F)F)cc(C(F)(F)F)n1. The highest BCUT2D eigenvalue weighted by Crippen LogP contribution is 2.29. The van der Waals surface area contributed by atoms with Gasteiger partial charge in [0.15, 0.2) is 5.69 Å². The van der Waals surface area contributed by atoms with Gasteiger partial charge in [0.2, 0.25) is 5.95 Å². The van der Waals surface area contributed by atoms with Crippen LogP contribution in [-0.2, 0) is 6.18 Å². The lowest BCUT2D eigenvalue weighted by atomic mass is 10.3. The Morgan fingerprint density at radius 2 is 1.74 bits per heavy atom. The van der Waals surface area contributed by atoms with Crippen molar-refractivity contribution >= 4 is 11.8 Å². The van der Waals surface area contributed by atoms with Crippen molar-refractivity contribution in [1.29, 1.82) is 0 Å². The Kier molecular flexibility index (Phi) is 4.06. The minimum atomic E-state index is -4.86. The number of hydrogen-bond donors (Lipinski definition) is 2. The van der Waals surface area contributed by atoms with Crippen LogP contribution < -0.4 is 11.1 Å². The molecule has 0 spiro atoms. The smallest absolute Gasteiger partial charge is 0.368 e. The molecule has 0 saturated carbocycles. The summed E-state index contributed by atoms with van der Waals surface area (Å²) in [5.41, 5.74) is 3.49. The molecule has 0 atom stereocenters. The highest BCUT2D eigenvalue weighted by molar-refractivity contribution is 5.41. The summed E-state index contributed by atoms with van der Waals surface area (Å²) in [6, 6.07) is 0.290. The summed E-state index contributed by atoms with van der Waals surface area (Å²) in [7, 11) is 0. The zero-order valence-electron chi connectivity index (χ0n) is 8.98. The highest BCUT2D eigenvalue weighted by Gasteiger charge is 2.40. The van der Waals surface area contributed by atoms with Crippen LogP contribution in [0.2, 0.25) is 0 Å². The Morgan fingerprint density at radius 1 is 1.16 bits per heavy atom. The van der Waals surface area contributed by atoms with Gasteiger partial charge in [-0.05, 0) is 0 Å². The predicted molar refractivity (Wildman–Crippen MR) is 50.9 cm³/mol. The Bertz CT molecular complexity index is 445. The van der Waals surface area contributed by atoms with Crippen molar-refractivity contribution in [3.63, 3.8) is 0 Å². The number of nitrogens with zero attached hydrogens (tertiary/aromatic N) is 2. The second-order valence-corrected chi connectivity index (χ2v) is 3.41. The van der Waals surface area contributed by atoms with E-state index in [1.165, 1.54) is 0 Å². The van der Waals surface area contributed by atoms with E-state index in [9.17, 15) is 30.7 Å². The van der Waals surface area contributed by atoms with Gasteiger partial charge in [0.1, 0.15) is 5.82 Å². The average Bonchev–Trinajstić information content (AvgIpc) is 2.24. The number of alkyl halides is 7. The van der Waals surface area contributed by atoms with Crippen LogP contribution in [0.5, 0.6) is 0 Å². The molecule has 11 heteroatoms. The second-order valence-electron chi connectivity index (χ2n) is 3.41. The monoisotopic (exact) mass is 292 g/mol. The number of nitrogens with two attached hydrogens (primary N) is 1. The molecule has 1 aromatic heterocycles. The molecule has 0 aliphatic carbocycles. The van der Waals surface area contributed by atoms with E-state index in [0.29, 0.717) is 0 Å². The molecule has 0 bridgehead atoms. The lowest BCUT2D eigenvalue weighted by molar-refractivity contribution is -0.141. The zero-order valence-corrected chi connectivity index (χ0v) is 8.98. The van der Waals surface area contributed by atoms with Gasteiger partial charge in [-0.3, -0.25) is 0 Å². The van der Waals surface area contributed by atoms with Crippen molar-refractivity contribution in [2.75, 3.05) is 17.6 Å². The third-order valence-corrected chi connectivity index (χ3v) is 1.86. The summed E-state index contributed by atoms with van der Waals surface area (Å²) in [4.78, 5) is 6.04. The fourth-order valence-corrected chi connectivity index (χ4v) is 0.987. The van der Waals surface area contributed by atoms with Crippen LogP contribution in [0.4, 0.5) is 42.5 Å². The minimum absolute atomic E-state index is 0.290. The maximum Gasteiger partial charge on any atom is 0.433 e. The van der Waals surface area contributed by atoms with Crippen molar-refractivity contribution in [1.82, 2.24) is 9.97 Å². The van der Waals surface area contributed by atoms with Crippen LogP contribution in [-0.4, -0.2) is 28.9 Å². The molecule has 3 N–H and O–H groups in total. The van der Waals surface area contributed by atoms with E-state index in [0.717, 1.165) is 0 Å². The average molecular weight is 292 g/mol. The molecule has 0 aromatic carbocycles. The highest BCUT2D eigenvalue weighted by atomic mass is 19.4. The Balaban J connectivity index is 2.88. The number of anilines is 2. The van der Waals surface area contributed by atoms with E-state index in [4.69, 9.17) is 5.73 Å². The van der Waals surface area contributed by atoms with Gasteiger partial charge in [0.05, 0.1) is 6.54 Å². The van der Waals surface area contributed by atoms with E-state index in [1.807, 2.05) is 0 Å². The zero-order chi connectivity index (χ0) is 14.8. The molecule has 0 saturated heterocycles. The summed E-state index contributed by atoms with van der Waals surface area (Å²) in [5, 5.41) is 1.66. The number of nitrogens with one attached hydrogen (secondary N) is 1. The summed E-state index contributed by atoms with van der Waals surface area (Å²) in [6.07, 6.45) is -8.82. The van der Waals surface area contributed by atoms with Crippen LogP contribution in [0.25, 0.3) is 0 Å². The maximum absolute atomic E-state index is 12.6. The normalized spacial score (nSPS) is 12.8. The van der Waals surface area contributed by atoms with E-state index >= 15 is 0 Å². The third-order valence-electron chi connectivity index (χ3n) is 1.86. The van der Waals surface area contributed by atoms with Gasteiger partial charge in [0.25, 0.3) is 0 Å². The third kappa shape index (κ3) is 4.10. The van der Waals surface area contributed by atoms with Gasteiger partial charge in [-0.1, -0.05) is 0 Å². The summed E-state index contributed by atoms with van der Waals surface area (Å²) >= 11 is 0. The Morgan fingerprint density at radius 3 is 2.21 bits per heavy atom. The molecular weight excluding hydrogens is 285 g/mol. The molecule has 0 aliphatic rings. The Hall–Kier alpha value is -1.81. The van der Waals surface area contributed by atoms with Gasteiger partial charge in [0, 0.05) is 6.07 Å². The molecule has 108 valence electrons. The van der Waals surface area contributed by atoms with Gasteiger partial charge < -0.3 is 11.1 Å². The number of rotatable bonds is 4. The van der Waals surface area contributed by atoms with Crippen LogP contribution >= 0.6 is 0 Å². The fraction of sp³-hybridized carbons (Fsp3) is 0.500. The molecule has 0 radical (unpaired) electrons. The molecule has 4 nitrogen and oxygen atoms in total. The molecule has 0 aliphatic heterocycles. The molecule has 1 aromatic rings. The van der Waals surface area contributed by atoms with Gasteiger partial charge in [-0.15, -0.1) is 0 Å². The predicted octanol–water partition coefficient (Wildman–Crippen LogP) is 2.39. The van der Waals surface area contributed by atoms with Crippen LogP contribution in [0, 0.1) is 0 Å². The van der Waals surface area contributed by atoms with Crippen molar-refractivity contribution in [3.05, 3.63) is 11.8 Å². The quantitative estimate of drug-likeness (QED) is 0.836. The van der Waals surface area contributed by atoms with Crippen molar-refractivity contribution in [3.8, 4) is 0 Å². The second kappa shape index (κ2) is 5.05. The van der Waals surface area contributed by atoms with Crippen molar-refractivity contribution in [2.45, 2.75) is 18.5 Å². The topological polar surface area (TPSA) is 63.8 Å². The lowest BCUT2D eigenvalue weighted by Crippen LogP contribution is -2.35. The van der Waals surface area contributed by atoms with E-state index in [2.05, 4.69) is 9.97 Å². The standard InChI is InChI=1S/C8H7F7N4/c9-5(10)7(11,12)2-17-4-1-3(8(13,14)15)18-6(16)19-4/h1,5H,2H2,(H3,16,17,18,19). The fourth-order valence-electron chi connectivity index (χ4n) is 0.987. The first-order valence-electron chi connectivity index (χ1n) is 4.64. The van der Waals surface area contributed by atoms with Crippen molar-refractivity contribution in [2.24, 2.45) is 0 Å². The summed E-state index contributed by atoms with van der Waals surface area (Å²) in [5.74, 6) is -5.95. The molecule has 0 amide bonds. The Labute approximate surface area is 101 Å². The molecular formula is C8H7F7N4. The first kappa shape index (κ1) is 15.2. The number of halogens is 7. The van der Waals surface area contributed by atoms with Gasteiger partial charge in [-0.2, -0.15) is 26.9 Å². The number of hydrogen-bond acceptors (Lipinski definition) is 4. The molecule has 19 heavy (non-hydrogen) atoms. The van der Waals surface area contributed by atoms with E-state index < -0.39 is 42.5 Å². The largest absolute Gasteiger partial charge is 0.433 e. The van der Waals surface area contributed by atoms with Crippen molar-refractivity contribution < 1.29 is 30.7 Å². The number of nitrogen functional groups attached to an aromatic ring is 1. The molecule has 1 heterocycles. The molecule has 0 unspecified atom stereocenters. The van der Waals surface area contributed by atoms with Gasteiger partial charge in [-0.25, -0.2) is 13.8 Å². The lowest BCUT2D eigenvalue weighted by Gasteiger charge is -2.16. The van der Waals surface area contributed by atoms with E-state index in [-0.39, 0.29) is 6.07 Å². The summed E-state index contributed by atoms with van der Waals surface area (Å²) < 4.78 is 85.7. The van der Waals surface area contributed by atoms with Crippen LogP contribution in [0.3, 0.4) is 0 Å². The molecule has 0 fully saturated rings. The van der Waals surface area contributed by atoms with Crippen LogP contribution in [0.15, 0.2) is 6.07 Å². The first-order valence-corrected chi connectivity index (χ1v) is 4.64. The summed E-state index contributed by atoms with van der Waals surface area (Å²) in [6.45, 7) is -1.58. The number of aromatic nitrogens is 2. The first-order chi connectivity index (χ1) is 8.52. The minimum Gasteiger partial charge on any atom is -0.368 e. The van der Waals surface area contributed by atoms with Crippen LogP contribution in [0.1, 0.15) is 5.69 Å². The van der Waals surface area contributed by atoms with E-state index in [1.54, 1.807) is 5.32 Å². The maximum atomic E-state index is 12.6.